The highest BCUT2D eigenvalue weighted by atomic mass is 16.5. The molecule has 2 rings (SSSR count). The molecule has 0 bridgehead atoms. The number of hydrogen-bond acceptors (Lipinski definition) is 5. The van der Waals surface area contributed by atoms with Gasteiger partial charge in [-0.2, -0.15) is 0 Å². The molecule has 0 radical (unpaired) electrons. The van der Waals surface area contributed by atoms with Crippen LogP contribution in [0.2, 0.25) is 0 Å². The molecule has 0 saturated carbocycles. The summed E-state index contributed by atoms with van der Waals surface area (Å²) in [5.41, 5.74) is 2.63. The van der Waals surface area contributed by atoms with Crippen molar-refractivity contribution in [2.75, 3.05) is 24.7 Å². The fourth-order valence-electron chi connectivity index (χ4n) is 1.92. The Bertz CT molecular complexity index is 410. The molecule has 6 heteroatoms. The van der Waals surface area contributed by atoms with E-state index in [-0.39, 0.29) is 11.9 Å². The quantitative estimate of drug-likeness (QED) is 0.426. The monoisotopic (exact) mass is 236 g/mol. The number of ether oxygens (including phenoxy) is 1. The van der Waals surface area contributed by atoms with Crippen LogP contribution in [0.3, 0.4) is 0 Å². The molecule has 1 aromatic rings. The molecular formula is C11H16N4O2. The van der Waals surface area contributed by atoms with Crippen molar-refractivity contribution < 1.29 is 9.53 Å². The van der Waals surface area contributed by atoms with Gasteiger partial charge in [0.05, 0.1) is 24.8 Å². The molecule has 1 atom stereocenters. The number of nitrogens with zero attached hydrogens (tertiary/aromatic N) is 2. The molecule has 1 unspecified atom stereocenters. The molecule has 92 valence electrons. The van der Waals surface area contributed by atoms with Gasteiger partial charge in [-0.15, -0.1) is 0 Å². The fraction of sp³-hybridized carbons (Fsp3) is 0.455. The Morgan fingerprint density at radius 3 is 3.24 bits per heavy atom. The van der Waals surface area contributed by atoms with Crippen molar-refractivity contribution >= 4 is 11.7 Å². The van der Waals surface area contributed by atoms with Crippen LogP contribution in [-0.2, 0) is 4.74 Å². The summed E-state index contributed by atoms with van der Waals surface area (Å²) in [5.74, 6) is 5.50. The molecule has 1 saturated heterocycles. The minimum absolute atomic E-state index is 0.197. The van der Waals surface area contributed by atoms with E-state index >= 15 is 0 Å². The van der Waals surface area contributed by atoms with E-state index in [4.69, 9.17) is 10.6 Å². The number of rotatable bonds is 2. The number of nitrogen functional groups attached to an aromatic ring is 1. The minimum atomic E-state index is -0.327. The highest BCUT2D eigenvalue weighted by molar-refractivity contribution is 5.98. The van der Waals surface area contributed by atoms with Gasteiger partial charge in [0.2, 0.25) is 0 Å². The first-order chi connectivity index (χ1) is 8.24. The normalized spacial score (nSPS) is 20.1. The second-order valence-electron chi connectivity index (χ2n) is 3.97. The number of aromatic nitrogens is 1. The minimum Gasteiger partial charge on any atom is -0.377 e. The van der Waals surface area contributed by atoms with Gasteiger partial charge in [0.15, 0.2) is 0 Å². The van der Waals surface area contributed by atoms with E-state index in [1.807, 2.05) is 6.92 Å². The van der Waals surface area contributed by atoms with Crippen molar-refractivity contribution in [3.63, 3.8) is 0 Å². The number of hydrazine groups is 1. The highest BCUT2D eigenvalue weighted by Gasteiger charge is 2.24. The molecule has 1 fully saturated rings. The summed E-state index contributed by atoms with van der Waals surface area (Å²) in [6, 6.07) is 3.63. The highest BCUT2D eigenvalue weighted by Crippen LogP contribution is 2.21. The van der Waals surface area contributed by atoms with Crippen molar-refractivity contribution in [3.05, 3.63) is 23.9 Å². The van der Waals surface area contributed by atoms with Gasteiger partial charge in [-0.1, -0.05) is 0 Å². The number of anilines is 1. The number of nitrogens with two attached hydrogens (primary N) is 1. The molecule has 0 spiro atoms. The van der Waals surface area contributed by atoms with Crippen molar-refractivity contribution in [2.24, 2.45) is 5.84 Å². The lowest BCUT2D eigenvalue weighted by atomic mass is 10.2. The van der Waals surface area contributed by atoms with E-state index in [0.717, 1.165) is 6.54 Å². The van der Waals surface area contributed by atoms with Gasteiger partial charge >= 0.3 is 0 Å². The lowest BCUT2D eigenvalue weighted by Crippen LogP contribution is -2.45. The average molecular weight is 236 g/mol. The first kappa shape index (κ1) is 11.8. The van der Waals surface area contributed by atoms with Crippen LogP contribution in [-0.4, -0.2) is 36.7 Å². The zero-order valence-corrected chi connectivity index (χ0v) is 9.72. The summed E-state index contributed by atoms with van der Waals surface area (Å²) in [6.07, 6.45) is 1.67. The summed E-state index contributed by atoms with van der Waals surface area (Å²) < 4.78 is 5.37. The van der Waals surface area contributed by atoms with Gasteiger partial charge in [0.1, 0.15) is 5.82 Å². The van der Waals surface area contributed by atoms with Crippen LogP contribution in [0.4, 0.5) is 5.82 Å². The summed E-state index contributed by atoms with van der Waals surface area (Å²) in [6.45, 7) is 4.05. The van der Waals surface area contributed by atoms with E-state index in [2.05, 4.69) is 15.3 Å². The molecule has 6 nitrogen and oxygen atoms in total. The van der Waals surface area contributed by atoms with E-state index < -0.39 is 0 Å². The van der Waals surface area contributed by atoms with Gasteiger partial charge in [0, 0.05) is 12.7 Å². The number of pyridine rings is 1. The van der Waals surface area contributed by atoms with E-state index in [9.17, 15) is 4.79 Å². The smallest absolute Gasteiger partial charge is 0.268 e. The van der Waals surface area contributed by atoms with E-state index in [1.165, 1.54) is 0 Å². The van der Waals surface area contributed by atoms with E-state index in [0.29, 0.717) is 24.6 Å². The molecule has 2 heterocycles. The Morgan fingerprint density at radius 2 is 2.53 bits per heavy atom. The lowest BCUT2D eigenvalue weighted by molar-refractivity contribution is 0.0938. The predicted octanol–water partition coefficient (Wildman–Crippen LogP) is -0.0898. The summed E-state index contributed by atoms with van der Waals surface area (Å²) in [7, 11) is 0. The number of carbonyl (C=O) groups excluding carboxylic acids is 1. The Balaban J connectivity index is 2.33. The maximum atomic E-state index is 11.6. The van der Waals surface area contributed by atoms with Gasteiger partial charge in [-0.3, -0.25) is 10.2 Å². The largest absolute Gasteiger partial charge is 0.377 e. The Kier molecular flexibility index (Phi) is 3.55. The molecular weight excluding hydrogens is 220 g/mol. The molecule has 3 N–H and O–H groups in total. The van der Waals surface area contributed by atoms with Crippen LogP contribution in [0.1, 0.15) is 17.3 Å². The lowest BCUT2D eigenvalue weighted by Gasteiger charge is -2.35. The molecule has 1 aliphatic heterocycles. The number of morpholine rings is 1. The number of carbonyl (C=O) groups is 1. The predicted molar refractivity (Wildman–Crippen MR) is 63.5 cm³/mol. The second-order valence-corrected chi connectivity index (χ2v) is 3.97. The SMILES string of the molecule is CC1COCCN1c1ncccc1C(=O)NN. The molecule has 0 aromatic carbocycles. The van der Waals surface area contributed by atoms with Gasteiger partial charge in [-0.25, -0.2) is 10.8 Å². The van der Waals surface area contributed by atoms with Gasteiger partial charge < -0.3 is 9.64 Å². The fourth-order valence-corrected chi connectivity index (χ4v) is 1.92. The molecule has 1 amide bonds. The van der Waals surface area contributed by atoms with Crippen molar-refractivity contribution in [1.82, 2.24) is 10.4 Å². The third-order valence-corrected chi connectivity index (χ3v) is 2.80. The van der Waals surface area contributed by atoms with Crippen LogP contribution >= 0.6 is 0 Å². The first-order valence-corrected chi connectivity index (χ1v) is 5.54. The Morgan fingerprint density at radius 1 is 1.71 bits per heavy atom. The van der Waals surface area contributed by atoms with Crippen molar-refractivity contribution in [2.45, 2.75) is 13.0 Å². The third kappa shape index (κ3) is 2.37. The molecule has 17 heavy (non-hydrogen) atoms. The zero-order valence-electron chi connectivity index (χ0n) is 9.72. The molecule has 0 aliphatic carbocycles. The maximum Gasteiger partial charge on any atom is 0.268 e. The number of nitrogens with one attached hydrogen (secondary N) is 1. The van der Waals surface area contributed by atoms with Crippen molar-refractivity contribution in [3.8, 4) is 0 Å². The number of amides is 1. The summed E-state index contributed by atoms with van der Waals surface area (Å²) in [5, 5.41) is 0. The summed E-state index contributed by atoms with van der Waals surface area (Å²) >= 11 is 0. The Labute approximate surface area is 99.7 Å². The number of hydrogen-bond donors (Lipinski definition) is 2. The standard InChI is InChI=1S/C11H16N4O2/c1-8-7-17-6-5-15(8)10-9(11(16)14-12)3-2-4-13-10/h2-4,8H,5-7,12H2,1H3,(H,14,16). The maximum absolute atomic E-state index is 11.6. The van der Waals surface area contributed by atoms with Crippen molar-refractivity contribution in [1.29, 1.82) is 0 Å². The summed E-state index contributed by atoms with van der Waals surface area (Å²) in [4.78, 5) is 18.0. The Hall–Kier alpha value is -1.66. The van der Waals surface area contributed by atoms with Crippen LogP contribution in [0.25, 0.3) is 0 Å². The average Bonchev–Trinajstić information content (AvgIpc) is 2.38. The van der Waals surface area contributed by atoms with Crippen LogP contribution < -0.4 is 16.2 Å². The zero-order chi connectivity index (χ0) is 12.3. The topological polar surface area (TPSA) is 80.5 Å². The molecule has 1 aromatic heterocycles. The van der Waals surface area contributed by atoms with Crippen LogP contribution in [0.15, 0.2) is 18.3 Å². The first-order valence-electron chi connectivity index (χ1n) is 5.54. The second kappa shape index (κ2) is 5.11. The van der Waals surface area contributed by atoms with Gasteiger partial charge in [-0.05, 0) is 19.1 Å². The van der Waals surface area contributed by atoms with Crippen LogP contribution in [0.5, 0.6) is 0 Å². The third-order valence-electron chi connectivity index (χ3n) is 2.80. The van der Waals surface area contributed by atoms with Crippen LogP contribution in [0, 0.1) is 0 Å². The van der Waals surface area contributed by atoms with Gasteiger partial charge in [0.25, 0.3) is 5.91 Å². The molecule has 1 aliphatic rings. The van der Waals surface area contributed by atoms with E-state index in [1.54, 1.807) is 18.3 Å².